The Hall–Kier alpha value is -0.540. The number of carbonyl (C=O) groups excluding carboxylic acids is 1. The number of amides is 1. The van der Waals surface area contributed by atoms with Gasteiger partial charge in [-0.3, -0.25) is 4.79 Å². The zero-order valence-corrected chi connectivity index (χ0v) is 13.5. The molecule has 0 radical (unpaired) electrons. The average molecular weight is 333 g/mol. The van der Waals surface area contributed by atoms with Crippen molar-refractivity contribution in [3.8, 4) is 0 Å². The topological polar surface area (TPSA) is 29.1 Å². The van der Waals surface area contributed by atoms with Crippen LogP contribution in [0.2, 0.25) is 5.02 Å². The molecule has 1 amide bonds. The Morgan fingerprint density at radius 2 is 2.06 bits per heavy atom. The Kier molecular flexibility index (Phi) is 5.23. The largest absolute Gasteiger partial charge is 0.325 e. The van der Waals surface area contributed by atoms with Crippen LogP contribution < -0.4 is 5.32 Å². The summed E-state index contributed by atoms with van der Waals surface area (Å²) >= 11 is 9.39. The van der Waals surface area contributed by atoms with E-state index in [1.807, 2.05) is 12.1 Å². The van der Waals surface area contributed by atoms with Crippen molar-refractivity contribution in [1.82, 2.24) is 0 Å². The number of anilines is 1. The molecule has 1 atom stereocenters. The van der Waals surface area contributed by atoms with E-state index < -0.39 is 0 Å². The normalized spacial score (nSPS) is 13.2. The molecule has 0 heterocycles. The van der Waals surface area contributed by atoms with E-state index in [0.29, 0.717) is 23.0 Å². The minimum Gasteiger partial charge on any atom is -0.325 e. The van der Waals surface area contributed by atoms with E-state index in [9.17, 15) is 4.79 Å². The number of hydrogen-bond acceptors (Lipinski definition) is 1. The second-order valence-corrected chi connectivity index (χ2v) is 6.97. The van der Waals surface area contributed by atoms with Gasteiger partial charge in [0.2, 0.25) is 5.91 Å². The fourth-order valence-electron chi connectivity index (χ4n) is 1.38. The van der Waals surface area contributed by atoms with Crippen molar-refractivity contribution in [1.29, 1.82) is 0 Å². The van der Waals surface area contributed by atoms with Crippen LogP contribution in [0.25, 0.3) is 0 Å². The van der Waals surface area contributed by atoms with Gasteiger partial charge in [0, 0.05) is 10.9 Å². The van der Waals surface area contributed by atoms with Crippen LogP contribution in [0.4, 0.5) is 5.69 Å². The first-order valence-electron chi connectivity index (χ1n) is 5.95. The molecule has 4 heteroatoms. The molecule has 0 spiro atoms. The summed E-state index contributed by atoms with van der Waals surface area (Å²) in [5.74, 6) is 0.306. The van der Waals surface area contributed by atoms with Gasteiger partial charge in [0.15, 0.2) is 0 Å². The Balaban J connectivity index is 2.68. The van der Waals surface area contributed by atoms with Gasteiger partial charge in [-0.05, 0) is 29.5 Å². The molecule has 1 aromatic rings. The molecular weight excluding hydrogens is 314 g/mol. The van der Waals surface area contributed by atoms with Crippen molar-refractivity contribution in [2.24, 2.45) is 11.3 Å². The fourth-order valence-corrected chi connectivity index (χ4v) is 1.90. The quantitative estimate of drug-likeness (QED) is 0.818. The molecule has 0 aliphatic carbocycles. The highest BCUT2D eigenvalue weighted by atomic mass is 79.9. The van der Waals surface area contributed by atoms with Crippen LogP contribution in [0.3, 0.4) is 0 Å². The fraction of sp³-hybridized carbons (Fsp3) is 0.500. The van der Waals surface area contributed by atoms with Gasteiger partial charge in [-0.25, -0.2) is 0 Å². The van der Waals surface area contributed by atoms with Gasteiger partial charge >= 0.3 is 0 Å². The summed E-state index contributed by atoms with van der Waals surface area (Å²) in [4.78, 5) is 11.9. The second-order valence-electron chi connectivity index (χ2n) is 5.64. The predicted octanol–water partition coefficient (Wildman–Crippen LogP) is 5.11. The smallest absolute Gasteiger partial charge is 0.224 e. The van der Waals surface area contributed by atoms with Gasteiger partial charge in [-0.15, -0.1) is 0 Å². The van der Waals surface area contributed by atoms with Gasteiger partial charge in [0.1, 0.15) is 0 Å². The van der Waals surface area contributed by atoms with Gasteiger partial charge < -0.3 is 5.32 Å². The summed E-state index contributed by atoms with van der Waals surface area (Å²) in [5, 5.41) is 3.40. The Morgan fingerprint density at radius 1 is 1.44 bits per heavy atom. The third-order valence-corrected chi connectivity index (χ3v) is 4.00. The van der Waals surface area contributed by atoms with Crippen molar-refractivity contribution in [2.75, 3.05) is 5.32 Å². The predicted molar refractivity (Wildman–Crippen MR) is 81.0 cm³/mol. The van der Waals surface area contributed by atoms with Crippen LogP contribution in [-0.4, -0.2) is 5.91 Å². The average Bonchev–Trinajstić information content (AvgIpc) is 2.22. The number of benzene rings is 1. The highest BCUT2D eigenvalue weighted by Crippen LogP contribution is 2.30. The third kappa shape index (κ3) is 4.62. The first-order valence-corrected chi connectivity index (χ1v) is 7.12. The number of rotatable bonds is 3. The minimum atomic E-state index is -0.00238. The molecule has 1 unspecified atom stereocenters. The summed E-state index contributed by atoms with van der Waals surface area (Å²) in [6.07, 6.45) is 0.492. The first-order chi connectivity index (χ1) is 8.20. The van der Waals surface area contributed by atoms with E-state index in [-0.39, 0.29) is 11.3 Å². The van der Waals surface area contributed by atoms with Gasteiger partial charge in [-0.1, -0.05) is 55.2 Å². The van der Waals surface area contributed by atoms with Crippen molar-refractivity contribution >= 4 is 39.1 Å². The maximum atomic E-state index is 11.9. The third-order valence-electron chi connectivity index (χ3n) is 3.17. The van der Waals surface area contributed by atoms with Crippen molar-refractivity contribution in [3.05, 3.63) is 27.7 Å². The van der Waals surface area contributed by atoms with E-state index in [1.165, 1.54) is 0 Å². The maximum Gasteiger partial charge on any atom is 0.224 e. The molecule has 0 aliphatic heterocycles. The lowest BCUT2D eigenvalue weighted by molar-refractivity contribution is -0.117. The number of carbonyl (C=O) groups is 1. The van der Waals surface area contributed by atoms with Crippen LogP contribution in [0.15, 0.2) is 22.7 Å². The molecule has 0 saturated heterocycles. The lowest BCUT2D eigenvalue weighted by Crippen LogP contribution is -2.24. The summed E-state index contributed by atoms with van der Waals surface area (Å²) in [7, 11) is 0. The van der Waals surface area contributed by atoms with E-state index in [0.717, 1.165) is 4.47 Å². The van der Waals surface area contributed by atoms with Crippen molar-refractivity contribution in [3.63, 3.8) is 0 Å². The standard InChI is InChI=1S/C14H19BrClNO/c1-9(14(2,3)4)7-13(18)17-12-8-10(15)5-6-11(12)16/h5-6,8-9H,7H2,1-4H3,(H,17,18). The van der Waals surface area contributed by atoms with Crippen LogP contribution in [0, 0.1) is 11.3 Å². The van der Waals surface area contributed by atoms with Gasteiger partial charge in [0.05, 0.1) is 10.7 Å². The molecule has 2 nitrogen and oxygen atoms in total. The molecule has 1 rings (SSSR count). The van der Waals surface area contributed by atoms with Crippen LogP contribution >= 0.6 is 27.5 Å². The number of nitrogens with one attached hydrogen (secondary N) is 1. The summed E-state index contributed by atoms with van der Waals surface area (Å²) in [6.45, 7) is 8.49. The molecule has 0 aromatic heterocycles. The highest BCUT2D eigenvalue weighted by Gasteiger charge is 2.22. The maximum absolute atomic E-state index is 11.9. The molecule has 18 heavy (non-hydrogen) atoms. The molecule has 0 saturated carbocycles. The van der Waals surface area contributed by atoms with Crippen LogP contribution in [0.5, 0.6) is 0 Å². The summed E-state index contributed by atoms with van der Waals surface area (Å²) in [5.41, 5.74) is 0.774. The lowest BCUT2D eigenvalue weighted by atomic mass is 9.80. The molecule has 0 aliphatic rings. The number of halogens is 2. The Bertz CT molecular complexity index is 440. The van der Waals surface area contributed by atoms with Crippen molar-refractivity contribution in [2.45, 2.75) is 34.1 Å². The first kappa shape index (κ1) is 15.5. The van der Waals surface area contributed by atoms with Gasteiger partial charge in [0.25, 0.3) is 0 Å². The van der Waals surface area contributed by atoms with Crippen LogP contribution in [-0.2, 0) is 4.79 Å². The monoisotopic (exact) mass is 331 g/mol. The zero-order chi connectivity index (χ0) is 13.9. The van der Waals surface area contributed by atoms with Gasteiger partial charge in [-0.2, -0.15) is 0 Å². The van der Waals surface area contributed by atoms with Crippen LogP contribution in [0.1, 0.15) is 34.1 Å². The molecule has 0 fully saturated rings. The minimum absolute atomic E-state index is 0.00238. The van der Waals surface area contributed by atoms with E-state index in [1.54, 1.807) is 6.07 Å². The van der Waals surface area contributed by atoms with E-state index in [4.69, 9.17) is 11.6 Å². The Morgan fingerprint density at radius 3 is 2.61 bits per heavy atom. The highest BCUT2D eigenvalue weighted by molar-refractivity contribution is 9.10. The molecule has 1 aromatic carbocycles. The summed E-state index contributed by atoms with van der Waals surface area (Å²) < 4.78 is 0.895. The molecule has 1 N–H and O–H groups in total. The zero-order valence-electron chi connectivity index (χ0n) is 11.2. The van der Waals surface area contributed by atoms with E-state index >= 15 is 0 Å². The molecule has 0 bridgehead atoms. The summed E-state index contributed by atoms with van der Waals surface area (Å²) in [6, 6.07) is 5.41. The van der Waals surface area contributed by atoms with E-state index in [2.05, 4.69) is 48.9 Å². The van der Waals surface area contributed by atoms with Crippen molar-refractivity contribution < 1.29 is 4.79 Å². The lowest BCUT2D eigenvalue weighted by Gasteiger charge is -2.26. The molecular formula is C14H19BrClNO. The Labute approximate surface area is 122 Å². The SMILES string of the molecule is CC(CC(=O)Nc1cc(Br)ccc1Cl)C(C)(C)C. The number of hydrogen-bond donors (Lipinski definition) is 1. The molecule has 100 valence electrons. The second kappa shape index (κ2) is 6.07.